The van der Waals surface area contributed by atoms with E-state index in [0.29, 0.717) is 17.6 Å². The van der Waals surface area contributed by atoms with Crippen LogP contribution in [0.5, 0.6) is 0 Å². The maximum absolute atomic E-state index is 12.1. The summed E-state index contributed by atoms with van der Waals surface area (Å²) in [5, 5.41) is 10.2. The lowest BCUT2D eigenvalue weighted by molar-refractivity contribution is -0.119. The van der Waals surface area contributed by atoms with Crippen LogP contribution >= 0.6 is 0 Å². The lowest BCUT2D eigenvalue weighted by atomic mass is 10.1. The molecule has 2 aromatic heterocycles. The van der Waals surface area contributed by atoms with E-state index >= 15 is 0 Å². The Balaban J connectivity index is 2.25. The molecule has 22 heavy (non-hydrogen) atoms. The Morgan fingerprint density at radius 2 is 2.14 bits per heavy atom. The predicted molar refractivity (Wildman–Crippen MR) is 84.9 cm³/mol. The second-order valence-electron chi connectivity index (χ2n) is 6.08. The molecule has 0 saturated heterocycles. The molecule has 120 valence electrons. The van der Waals surface area contributed by atoms with E-state index in [1.807, 2.05) is 27.7 Å². The summed E-state index contributed by atoms with van der Waals surface area (Å²) >= 11 is 0. The summed E-state index contributed by atoms with van der Waals surface area (Å²) in [6, 6.07) is 0. The highest BCUT2D eigenvalue weighted by molar-refractivity contribution is 5.80. The summed E-state index contributed by atoms with van der Waals surface area (Å²) in [6.45, 7) is 8.60. The van der Waals surface area contributed by atoms with Crippen LogP contribution in [0, 0.1) is 0 Å². The minimum absolute atomic E-state index is 0.0537. The van der Waals surface area contributed by atoms with Crippen molar-refractivity contribution in [3.8, 4) is 0 Å². The molecule has 0 aliphatic carbocycles. The number of H-pyrrole nitrogens is 1. The van der Waals surface area contributed by atoms with Crippen LogP contribution < -0.4 is 16.2 Å². The van der Waals surface area contributed by atoms with Crippen molar-refractivity contribution in [3.05, 3.63) is 16.6 Å². The van der Waals surface area contributed by atoms with Crippen molar-refractivity contribution in [2.24, 2.45) is 0 Å². The summed E-state index contributed by atoms with van der Waals surface area (Å²) in [7, 11) is 0. The van der Waals surface area contributed by atoms with E-state index in [1.165, 1.54) is 6.20 Å². The van der Waals surface area contributed by atoms with Crippen LogP contribution in [0.1, 0.15) is 34.1 Å². The molecule has 2 rings (SSSR count). The number of fused-ring (bicyclic) bond motifs is 1. The second kappa shape index (κ2) is 6.17. The molecule has 3 N–H and O–H groups in total. The monoisotopic (exact) mass is 306 g/mol. The van der Waals surface area contributed by atoms with E-state index in [9.17, 15) is 9.59 Å². The van der Waals surface area contributed by atoms with E-state index in [4.69, 9.17) is 0 Å². The van der Waals surface area contributed by atoms with Crippen LogP contribution in [0.2, 0.25) is 0 Å². The van der Waals surface area contributed by atoms with Gasteiger partial charge in [-0.1, -0.05) is 6.92 Å². The standard InChI is InChI=1S/C14H22N6O2/c1-5-6-15-10(21)8-16-13-18-11-9(12(22)19-13)7-17-20(11)14(2,3)4/h7H,5-6,8H2,1-4H3,(H,15,21)(H2,16,18,19,22). The highest BCUT2D eigenvalue weighted by atomic mass is 16.2. The Kier molecular flexibility index (Phi) is 4.48. The Bertz CT molecular complexity index is 725. The molecule has 2 heterocycles. The van der Waals surface area contributed by atoms with Crippen LogP contribution in [0.25, 0.3) is 11.0 Å². The smallest absolute Gasteiger partial charge is 0.263 e. The topological polar surface area (TPSA) is 105 Å². The fourth-order valence-corrected chi connectivity index (χ4v) is 1.98. The van der Waals surface area contributed by atoms with Crippen molar-refractivity contribution in [2.75, 3.05) is 18.4 Å². The van der Waals surface area contributed by atoms with Crippen LogP contribution in [0.3, 0.4) is 0 Å². The fraction of sp³-hybridized carbons (Fsp3) is 0.571. The molecule has 0 fully saturated rings. The van der Waals surface area contributed by atoms with Crippen LogP contribution in [-0.4, -0.2) is 38.7 Å². The molecule has 0 saturated carbocycles. The maximum Gasteiger partial charge on any atom is 0.263 e. The third-order valence-corrected chi connectivity index (χ3v) is 3.06. The number of nitrogens with one attached hydrogen (secondary N) is 3. The number of hydrogen-bond acceptors (Lipinski definition) is 5. The number of anilines is 1. The Morgan fingerprint density at radius 3 is 2.77 bits per heavy atom. The summed E-state index contributed by atoms with van der Waals surface area (Å²) < 4.78 is 1.69. The molecule has 0 spiro atoms. The van der Waals surface area contributed by atoms with Crippen molar-refractivity contribution in [1.29, 1.82) is 0 Å². The number of aromatic amines is 1. The molecule has 0 unspecified atom stereocenters. The first kappa shape index (κ1) is 16.0. The molecule has 8 nitrogen and oxygen atoms in total. The summed E-state index contributed by atoms with van der Waals surface area (Å²) in [5.74, 6) is 0.115. The average molecular weight is 306 g/mol. The zero-order valence-electron chi connectivity index (χ0n) is 13.4. The molecule has 2 aromatic rings. The molecule has 0 aromatic carbocycles. The lowest BCUT2D eigenvalue weighted by Crippen LogP contribution is -2.31. The molecule has 1 amide bonds. The van der Waals surface area contributed by atoms with Gasteiger partial charge in [0.05, 0.1) is 18.3 Å². The summed E-state index contributed by atoms with van der Waals surface area (Å²) in [4.78, 5) is 30.6. The van der Waals surface area contributed by atoms with E-state index in [-0.39, 0.29) is 29.5 Å². The quantitative estimate of drug-likeness (QED) is 0.758. The molecule has 8 heteroatoms. The van der Waals surface area contributed by atoms with Gasteiger partial charge in [0.25, 0.3) is 5.56 Å². The largest absolute Gasteiger partial charge is 0.355 e. The molecule has 0 aliphatic heterocycles. The van der Waals surface area contributed by atoms with Gasteiger partial charge in [0.1, 0.15) is 5.39 Å². The van der Waals surface area contributed by atoms with Gasteiger partial charge in [0.15, 0.2) is 5.65 Å². The van der Waals surface area contributed by atoms with Gasteiger partial charge in [-0.3, -0.25) is 14.6 Å². The minimum Gasteiger partial charge on any atom is -0.355 e. The first-order valence-corrected chi connectivity index (χ1v) is 7.32. The molecule has 0 aliphatic rings. The Labute approximate surface area is 128 Å². The fourth-order valence-electron chi connectivity index (χ4n) is 1.98. The van der Waals surface area contributed by atoms with E-state index in [1.54, 1.807) is 4.68 Å². The van der Waals surface area contributed by atoms with Crippen LogP contribution in [0.4, 0.5) is 5.95 Å². The van der Waals surface area contributed by atoms with Gasteiger partial charge in [0.2, 0.25) is 11.9 Å². The van der Waals surface area contributed by atoms with Crippen molar-refractivity contribution in [2.45, 2.75) is 39.7 Å². The predicted octanol–water partition coefficient (Wildman–Crippen LogP) is 0.813. The van der Waals surface area contributed by atoms with Crippen molar-refractivity contribution in [1.82, 2.24) is 25.1 Å². The van der Waals surface area contributed by atoms with Crippen molar-refractivity contribution < 1.29 is 4.79 Å². The molecule has 0 radical (unpaired) electrons. The average Bonchev–Trinajstić information content (AvgIpc) is 2.87. The lowest BCUT2D eigenvalue weighted by Gasteiger charge is -2.19. The van der Waals surface area contributed by atoms with Gasteiger partial charge >= 0.3 is 0 Å². The first-order chi connectivity index (χ1) is 10.3. The third-order valence-electron chi connectivity index (χ3n) is 3.06. The third kappa shape index (κ3) is 3.44. The zero-order chi connectivity index (χ0) is 16.3. The van der Waals surface area contributed by atoms with E-state index < -0.39 is 0 Å². The number of aromatic nitrogens is 4. The van der Waals surface area contributed by atoms with E-state index in [0.717, 1.165) is 6.42 Å². The highest BCUT2D eigenvalue weighted by Gasteiger charge is 2.19. The van der Waals surface area contributed by atoms with Gasteiger partial charge in [0, 0.05) is 6.54 Å². The SMILES string of the molecule is CCCNC(=O)CNc1nc2c(cnn2C(C)(C)C)c(=O)[nH]1. The second-order valence-corrected chi connectivity index (χ2v) is 6.08. The molecule has 0 bridgehead atoms. The minimum atomic E-state index is -0.293. The number of nitrogens with zero attached hydrogens (tertiary/aromatic N) is 3. The molecule has 0 atom stereocenters. The van der Waals surface area contributed by atoms with Gasteiger partial charge in [-0.15, -0.1) is 0 Å². The zero-order valence-corrected chi connectivity index (χ0v) is 13.4. The summed E-state index contributed by atoms with van der Waals surface area (Å²) in [5.41, 5.74) is -0.0807. The van der Waals surface area contributed by atoms with Gasteiger partial charge in [-0.05, 0) is 27.2 Å². The molecular formula is C14H22N6O2. The van der Waals surface area contributed by atoms with Gasteiger partial charge in [-0.2, -0.15) is 10.1 Å². The van der Waals surface area contributed by atoms with Crippen molar-refractivity contribution >= 4 is 22.9 Å². The Hall–Kier alpha value is -2.38. The van der Waals surface area contributed by atoms with Crippen molar-refractivity contribution in [3.63, 3.8) is 0 Å². The maximum atomic E-state index is 12.1. The normalized spacial score (nSPS) is 11.6. The van der Waals surface area contributed by atoms with Crippen LogP contribution in [0.15, 0.2) is 11.0 Å². The van der Waals surface area contributed by atoms with E-state index in [2.05, 4.69) is 25.7 Å². The number of rotatable bonds is 5. The van der Waals surface area contributed by atoms with Gasteiger partial charge in [-0.25, -0.2) is 4.68 Å². The highest BCUT2D eigenvalue weighted by Crippen LogP contribution is 2.18. The number of hydrogen-bond donors (Lipinski definition) is 3. The number of carbonyl (C=O) groups excluding carboxylic acids is 1. The van der Waals surface area contributed by atoms with Gasteiger partial charge < -0.3 is 10.6 Å². The first-order valence-electron chi connectivity index (χ1n) is 7.32. The summed E-state index contributed by atoms with van der Waals surface area (Å²) in [6.07, 6.45) is 2.38. The van der Waals surface area contributed by atoms with Crippen LogP contribution in [-0.2, 0) is 10.3 Å². The Morgan fingerprint density at radius 1 is 1.41 bits per heavy atom. The molecular weight excluding hydrogens is 284 g/mol. The number of amides is 1. The number of carbonyl (C=O) groups is 1.